The lowest BCUT2D eigenvalue weighted by atomic mass is 10.4. The molecule has 0 saturated carbocycles. The Balaban J connectivity index is 2.16. The van der Waals surface area contributed by atoms with Crippen LogP contribution in [0.2, 0.25) is 5.28 Å². The van der Waals surface area contributed by atoms with Gasteiger partial charge in [-0.25, -0.2) is 0 Å². The second-order valence-corrected chi connectivity index (χ2v) is 5.66. The Bertz CT molecular complexity index is 533. The van der Waals surface area contributed by atoms with Crippen molar-refractivity contribution >= 4 is 28.9 Å². The van der Waals surface area contributed by atoms with E-state index in [1.807, 2.05) is 37.2 Å². The van der Waals surface area contributed by atoms with Crippen LogP contribution in [0.1, 0.15) is 18.7 Å². The third kappa shape index (κ3) is 4.04. The van der Waals surface area contributed by atoms with Crippen LogP contribution < -0.4 is 9.64 Å². The molecule has 102 valence electrons. The maximum absolute atomic E-state index is 5.89. The Morgan fingerprint density at radius 1 is 1.37 bits per heavy atom. The Labute approximate surface area is 121 Å². The third-order valence-corrected chi connectivity index (χ3v) is 3.26. The quantitative estimate of drug-likeness (QED) is 0.849. The lowest BCUT2D eigenvalue weighted by molar-refractivity contribution is 0.221. The van der Waals surface area contributed by atoms with E-state index in [1.54, 1.807) is 11.3 Å². The largest absolute Gasteiger partial charge is 0.461 e. The second kappa shape index (κ2) is 6.16. The molecule has 2 rings (SSSR count). The highest BCUT2D eigenvalue weighted by Crippen LogP contribution is 2.18. The minimum Gasteiger partial charge on any atom is -0.461 e. The number of hydrogen-bond acceptors (Lipinski definition) is 6. The molecule has 2 aromatic heterocycles. The molecule has 0 spiro atoms. The van der Waals surface area contributed by atoms with Crippen LogP contribution >= 0.6 is 22.9 Å². The number of rotatable bonds is 5. The zero-order valence-corrected chi connectivity index (χ0v) is 12.6. The molecule has 7 heteroatoms. The van der Waals surface area contributed by atoms with E-state index in [0.717, 1.165) is 6.54 Å². The summed E-state index contributed by atoms with van der Waals surface area (Å²) in [7, 11) is 1.91. The van der Waals surface area contributed by atoms with Gasteiger partial charge in [-0.3, -0.25) is 0 Å². The Morgan fingerprint density at radius 3 is 2.79 bits per heavy atom. The number of halogens is 1. The van der Waals surface area contributed by atoms with Crippen molar-refractivity contribution in [1.29, 1.82) is 0 Å². The fraction of sp³-hybridized carbons (Fsp3) is 0.417. The minimum absolute atomic E-state index is 0.00563. The standard InChI is InChI=1S/C12H15ClN4OS/c1-8(2)18-12-15-10(13)14-11(16-12)17(3)7-9-5-4-6-19-9/h4-6,8H,7H2,1-3H3. The fourth-order valence-corrected chi connectivity index (χ4v) is 2.37. The number of hydrogen-bond donors (Lipinski definition) is 0. The average molecular weight is 299 g/mol. The van der Waals surface area contributed by atoms with Crippen molar-refractivity contribution in [1.82, 2.24) is 15.0 Å². The Morgan fingerprint density at radius 2 is 2.16 bits per heavy atom. The normalized spacial score (nSPS) is 10.8. The zero-order valence-electron chi connectivity index (χ0n) is 11.0. The van der Waals surface area contributed by atoms with Crippen molar-refractivity contribution in [3.63, 3.8) is 0 Å². The van der Waals surface area contributed by atoms with E-state index in [4.69, 9.17) is 16.3 Å². The summed E-state index contributed by atoms with van der Waals surface area (Å²) in [5.74, 6) is 0.504. The lowest BCUT2D eigenvalue weighted by Gasteiger charge is -2.17. The van der Waals surface area contributed by atoms with Gasteiger partial charge in [-0.2, -0.15) is 15.0 Å². The van der Waals surface area contributed by atoms with E-state index in [1.165, 1.54) is 4.88 Å². The highest BCUT2D eigenvalue weighted by atomic mass is 35.5. The third-order valence-electron chi connectivity index (χ3n) is 2.23. The molecule has 0 bridgehead atoms. The van der Waals surface area contributed by atoms with Gasteiger partial charge >= 0.3 is 6.01 Å². The molecule has 2 heterocycles. The van der Waals surface area contributed by atoms with Crippen molar-refractivity contribution in [2.24, 2.45) is 0 Å². The van der Waals surface area contributed by atoms with Crippen LogP contribution in [0.25, 0.3) is 0 Å². The molecule has 0 unspecified atom stereocenters. The molecule has 0 aromatic carbocycles. The first kappa shape index (κ1) is 14.0. The van der Waals surface area contributed by atoms with Crippen LogP contribution in [0.15, 0.2) is 17.5 Å². The number of thiophene rings is 1. The topological polar surface area (TPSA) is 51.1 Å². The smallest absolute Gasteiger partial charge is 0.322 e. The summed E-state index contributed by atoms with van der Waals surface area (Å²) >= 11 is 7.58. The first-order valence-corrected chi connectivity index (χ1v) is 7.12. The molecule has 0 fully saturated rings. The number of nitrogens with zero attached hydrogens (tertiary/aromatic N) is 4. The van der Waals surface area contributed by atoms with Crippen LogP contribution in [0, 0.1) is 0 Å². The van der Waals surface area contributed by atoms with Crippen molar-refractivity contribution in [2.75, 3.05) is 11.9 Å². The first-order valence-electron chi connectivity index (χ1n) is 5.86. The fourth-order valence-electron chi connectivity index (χ4n) is 1.46. The monoisotopic (exact) mass is 298 g/mol. The van der Waals surface area contributed by atoms with Crippen LogP contribution in [0.4, 0.5) is 5.95 Å². The Kier molecular flexibility index (Phi) is 4.55. The van der Waals surface area contributed by atoms with E-state index >= 15 is 0 Å². The van der Waals surface area contributed by atoms with Crippen molar-refractivity contribution in [3.05, 3.63) is 27.7 Å². The lowest BCUT2D eigenvalue weighted by Crippen LogP contribution is -2.20. The van der Waals surface area contributed by atoms with Gasteiger partial charge in [0.2, 0.25) is 11.2 Å². The van der Waals surface area contributed by atoms with Crippen molar-refractivity contribution in [3.8, 4) is 6.01 Å². The van der Waals surface area contributed by atoms with E-state index in [0.29, 0.717) is 5.95 Å². The minimum atomic E-state index is -0.00563. The first-order chi connectivity index (χ1) is 9.04. The predicted molar refractivity (Wildman–Crippen MR) is 77.0 cm³/mol. The van der Waals surface area contributed by atoms with Gasteiger partial charge in [-0.05, 0) is 36.9 Å². The molecule has 0 saturated heterocycles. The van der Waals surface area contributed by atoms with Crippen LogP contribution in [-0.2, 0) is 6.54 Å². The summed E-state index contributed by atoms with van der Waals surface area (Å²) in [6.45, 7) is 4.54. The van der Waals surface area contributed by atoms with Crippen molar-refractivity contribution < 1.29 is 4.74 Å². The summed E-state index contributed by atoms with van der Waals surface area (Å²) < 4.78 is 5.45. The molecule has 0 amide bonds. The van der Waals surface area contributed by atoms with E-state index < -0.39 is 0 Å². The molecule has 0 radical (unpaired) electrons. The summed E-state index contributed by atoms with van der Waals surface area (Å²) in [5, 5.41) is 2.18. The molecule has 5 nitrogen and oxygen atoms in total. The molecule has 19 heavy (non-hydrogen) atoms. The molecule has 0 aliphatic heterocycles. The van der Waals surface area contributed by atoms with Gasteiger partial charge in [-0.1, -0.05) is 6.07 Å². The van der Waals surface area contributed by atoms with Gasteiger partial charge in [0.25, 0.3) is 0 Å². The van der Waals surface area contributed by atoms with Gasteiger partial charge in [0.05, 0.1) is 12.6 Å². The summed E-state index contributed by atoms with van der Waals surface area (Å²) in [5.41, 5.74) is 0. The van der Waals surface area contributed by atoms with Crippen LogP contribution in [0.5, 0.6) is 6.01 Å². The zero-order chi connectivity index (χ0) is 13.8. The molecule has 2 aromatic rings. The van der Waals surface area contributed by atoms with Gasteiger partial charge in [0, 0.05) is 11.9 Å². The van der Waals surface area contributed by atoms with Gasteiger partial charge < -0.3 is 9.64 Å². The maximum atomic E-state index is 5.89. The maximum Gasteiger partial charge on any atom is 0.322 e. The van der Waals surface area contributed by atoms with E-state index in [2.05, 4.69) is 21.0 Å². The van der Waals surface area contributed by atoms with Gasteiger partial charge in [-0.15, -0.1) is 11.3 Å². The highest BCUT2D eigenvalue weighted by molar-refractivity contribution is 7.09. The molecule has 0 N–H and O–H groups in total. The molecule has 0 aliphatic rings. The molecular formula is C12H15ClN4OS. The van der Waals surface area contributed by atoms with E-state index in [-0.39, 0.29) is 17.4 Å². The second-order valence-electron chi connectivity index (χ2n) is 4.29. The van der Waals surface area contributed by atoms with E-state index in [9.17, 15) is 0 Å². The van der Waals surface area contributed by atoms with Crippen molar-refractivity contribution in [2.45, 2.75) is 26.5 Å². The number of aromatic nitrogens is 3. The summed E-state index contributed by atoms with van der Waals surface area (Å²) in [6.07, 6.45) is -0.00563. The van der Waals surface area contributed by atoms with Gasteiger partial charge in [0.15, 0.2) is 0 Å². The molecular weight excluding hydrogens is 284 g/mol. The van der Waals surface area contributed by atoms with Crippen LogP contribution in [0.3, 0.4) is 0 Å². The number of anilines is 1. The van der Waals surface area contributed by atoms with Gasteiger partial charge in [0.1, 0.15) is 0 Å². The molecule has 0 aliphatic carbocycles. The number of ether oxygens (including phenoxy) is 1. The summed E-state index contributed by atoms with van der Waals surface area (Å²) in [6, 6.07) is 4.33. The highest BCUT2D eigenvalue weighted by Gasteiger charge is 2.12. The summed E-state index contributed by atoms with van der Waals surface area (Å²) in [4.78, 5) is 15.5. The SMILES string of the molecule is CC(C)Oc1nc(Cl)nc(N(C)Cc2cccs2)n1. The Hall–Kier alpha value is -1.40. The predicted octanol–water partition coefficient (Wildman–Crippen LogP) is 3.01. The average Bonchev–Trinajstić information content (AvgIpc) is 2.80. The molecule has 0 atom stereocenters. The van der Waals surface area contributed by atoms with Crippen LogP contribution in [-0.4, -0.2) is 28.1 Å².